The lowest BCUT2D eigenvalue weighted by molar-refractivity contribution is -0.121. The van der Waals surface area contributed by atoms with E-state index in [1.165, 1.54) is 0 Å². The molecule has 1 aliphatic carbocycles. The number of hydrogen-bond donors (Lipinski definition) is 2. The van der Waals surface area contributed by atoms with Gasteiger partial charge < -0.3 is 15.4 Å². The third-order valence-electron chi connectivity index (χ3n) is 6.76. The minimum atomic E-state index is -0.315. The number of imidazole rings is 1. The Morgan fingerprint density at radius 2 is 2.11 bits per heavy atom. The molecule has 35 heavy (non-hydrogen) atoms. The first-order chi connectivity index (χ1) is 17.0. The van der Waals surface area contributed by atoms with Crippen LogP contribution in [0.3, 0.4) is 0 Å². The minimum Gasteiger partial charge on any atom is -0.496 e. The number of hydrogen-bond acceptors (Lipinski definition) is 6. The van der Waals surface area contributed by atoms with E-state index in [0.717, 1.165) is 30.2 Å². The van der Waals surface area contributed by atoms with Gasteiger partial charge in [-0.25, -0.2) is 4.98 Å². The smallest absolute Gasteiger partial charge is 0.260 e. The van der Waals surface area contributed by atoms with Crippen molar-refractivity contribution in [2.75, 3.05) is 12.4 Å². The van der Waals surface area contributed by atoms with E-state index < -0.39 is 0 Å². The maximum absolute atomic E-state index is 13.2. The average Bonchev–Trinajstić information content (AvgIpc) is 3.46. The number of carbonyl (C=O) groups is 2. The molecule has 2 amide bonds. The summed E-state index contributed by atoms with van der Waals surface area (Å²) in [5.41, 5.74) is 1.82. The number of fused-ring (bicyclic) bond motifs is 2. The summed E-state index contributed by atoms with van der Waals surface area (Å²) in [7, 11) is 1.54. The zero-order chi connectivity index (χ0) is 24.5. The summed E-state index contributed by atoms with van der Waals surface area (Å²) < 4.78 is 9.10. The van der Waals surface area contributed by atoms with Crippen molar-refractivity contribution < 1.29 is 14.3 Å². The summed E-state index contributed by atoms with van der Waals surface area (Å²) in [6.07, 6.45) is 8.47. The topological polar surface area (TPSA) is 115 Å². The first-order valence-corrected chi connectivity index (χ1v) is 11.9. The highest BCUT2D eigenvalue weighted by Crippen LogP contribution is 2.35. The van der Waals surface area contributed by atoms with Gasteiger partial charge in [0.25, 0.3) is 5.91 Å². The number of nitrogens with zero attached hydrogens (tertiary/aromatic N) is 5. The van der Waals surface area contributed by atoms with Gasteiger partial charge >= 0.3 is 0 Å². The minimum absolute atomic E-state index is 0.100. The van der Waals surface area contributed by atoms with Gasteiger partial charge in [0.2, 0.25) is 5.91 Å². The van der Waals surface area contributed by atoms with Crippen molar-refractivity contribution in [3.8, 4) is 5.75 Å². The summed E-state index contributed by atoms with van der Waals surface area (Å²) in [5, 5.41) is 15.9. The monoisotopic (exact) mass is 475 g/mol. The molecule has 1 saturated carbocycles. The molecule has 10 nitrogen and oxygen atoms in total. The number of ether oxygens (including phenoxy) is 1. The number of aromatic nitrogens is 5. The molecule has 3 atom stereocenters. The highest BCUT2D eigenvalue weighted by Gasteiger charge is 2.30. The molecule has 1 aromatic carbocycles. The summed E-state index contributed by atoms with van der Waals surface area (Å²) in [5.74, 6) is 1.06. The highest BCUT2D eigenvalue weighted by atomic mass is 16.5. The SMILES string of the molecule is CCC(=O)N[C@@H]1CC[C@@H](n2cc3cc(C(=O)Nc4cnc5cccnn45)c(OC)cc3n2)[C@H](C)C1. The summed E-state index contributed by atoms with van der Waals surface area (Å²) in [4.78, 5) is 29.2. The van der Waals surface area contributed by atoms with Gasteiger partial charge in [-0.1, -0.05) is 13.8 Å². The lowest BCUT2D eigenvalue weighted by Crippen LogP contribution is -2.40. The number of benzene rings is 1. The van der Waals surface area contributed by atoms with Gasteiger partial charge in [-0.05, 0) is 43.4 Å². The molecule has 182 valence electrons. The number of amides is 2. The Hall–Kier alpha value is -3.95. The van der Waals surface area contributed by atoms with Crippen LogP contribution >= 0.6 is 0 Å². The highest BCUT2D eigenvalue weighted by molar-refractivity contribution is 6.08. The average molecular weight is 476 g/mol. The quantitative estimate of drug-likeness (QED) is 0.440. The van der Waals surface area contributed by atoms with Gasteiger partial charge in [-0.2, -0.15) is 14.7 Å². The molecule has 0 saturated heterocycles. The molecule has 3 heterocycles. The number of anilines is 1. The van der Waals surface area contributed by atoms with Crippen LogP contribution in [0.1, 0.15) is 55.9 Å². The van der Waals surface area contributed by atoms with Crippen LogP contribution in [-0.4, -0.2) is 49.3 Å². The van der Waals surface area contributed by atoms with Gasteiger partial charge in [0.15, 0.2) is 11.5 Å². The first kappa shape index (κ1) is 22.8. The van der Waals surface area contributed by atoms with Crippen molar-refractivity contribution in [2.45, 2.75) is 51.6 Å². The molecular formula is C25H29N7O3. The fourth-order valence-corrected chi connectivity index (χ4v) is 4.92. The Morgan fingerprint density at radius 3 is 2.89 bits per heavy atom. The van der Waals surface area contributed by atoms with E-state index in [1.54, 1.807) is 42.2 Å². The van der Waals surface area contributed by atoms with E-state index in [4.69, 9.17) is 9.84 Å². The van der Waals surface area contributed by atoms with Gasteiger partial charge in [-0.15, -0.1) is 0 Å². The van der Waals surface area contributed by atoms with Crippen molar-refractivity contribution >= 4 is 34.2 Å². The predicted octanol–water partition coefficient (Wildman–Crippen LogP) is 3.60. The van der Waals surface area contributed by atoms with Crippen LogP contribution in [0.25, 0.3) is 16.6 Å². The number of carbonyl (C=O) groups excluding carboxylic acids is 2. The third kappa shape index (κ3) is 4.43. The van der Waals surface area contributed by atoms with Gasteiger partial charge in [0.1, 0.15) is 5.75 Å². The first-order valence-electron chi connectivity index (χ1n) is 11.9. The van der Waals surface area contributed by atoms with Crippen LogP contribution in [0, 0.1) is 5.92 Å². The predicted molar refractivity (Wildman–Crippen MR) is 131 cm³/mol. The van der Waals surface area contributed by atoms with Crippen molar-refractivity contribution in [3.63, 3.8) is 0 Å². The molecule has 1 aliphatic rings. The Bertz CT molecular complexity index is 1390. The fourth-order valence-electron chi connectivity index (χ4n) is 4.92. The lowest BCUT2D eigenvalue weighted by atomic mass is 9.82. The van der Waals surface area contributed by atoms with Crippen molar-refractivity contribution in [3.05, 3.63) is 48.4 Å². The second-order valence-corrected chi connectivity index (χ2v) is 9.09. The maximum atomic E-state index is 13.2. The normalized spacial score (nSPS) is 20.1. The summed E-state index contributed by atoms with van der Waals surface area (Å²) in [6, 6.07) is 7.65. The summed E-state index contributed by atoms with van der Waals surface area (Å²) >= 11 is 0. The lowest BCUT2D eigenvalue weighted by Gasteiger charge is -2.34. The standard InChI is InChI=1S/C25H29N7O3/c1-4-24(33)28-17-7-8-20(15(2)10-17)31-14-16-11-18(21(35-3)12-19(16)30-31)25(34)29-23-13-26-22-6-5-9-27-32(22)23/h5-6,9,11-15,17,20H,4,7-8,10H2,1-3H3,(H,28,33)(H,29,34)/t15-,17-,20-/m1/s1. The molecule has 3 aromatic heterocycles. The zero-order valence-corrected chi connectivity index (χ0v) is 20.1. The summed E-state index contributed by atoms with van der Waals surface area (Å²) in [6.45, 7) is 4.07. The van der Waals surface area contributed by atoms with Gasteiger partial charge in [0.05, 0.1) is 30.4 Å². The van der Waals surface area contributed by atoms with E-state index in [0.29, 0.717) is 35.1 Å². The fraction of sp³-hybridized carbons (Fsp3) is 0.400. The van der Waals surface area contributed by atoms with Crippen molar-refractivity contribution in [2.24, 2.45) is 5.92 Å². The second kappa shape index (κ2) is 9.36. The Morgan fingerprint density at radius 1 is 1.26 bits per heavy atom. The molecule has 4 aromatic rings. The van der Waals surface area contributed by atoms with E-state index in [9.17, 15) is 9.59 Å². The number of methoxy groups -OCH3 is 1. The third-order valence-corrected chi connectivity index (χ3v) is 6.76. The van der Waals surface area contributed by atoms with Crippen LogP contribution in [-0.2, 0) is 4.79 Å². The number of rotatable bonds is 6. The molecular weight excluding hydrogens is 446 g/mol. The van der Waals surface area contributed by atoms with Crippen LogP contribution in [0.4, 0.5) is 5.82 Å². The molecule has 0 unspecified atom stereocenters. The maximum Gasteiger partial charge on any atom is 0.260 e. The molecule has 0 aliphatic heterocycles. The van der Waals surface area contributed by atoms with Crippen LogP contribution in [0.2, 0.25) is 0 Å². The van der Waals surface area contributed by atoms with E-state index in [1.807, 2.05) is 23.9 Å². The molecule has 2 N–H and O–H groups in total. The Balaban J connectivity index is 1.38. The molecule has 0 bridgehead atoms. The molecule has 5 rings (SSSR count). The number of nitrogens with one attached hydrogen (secondary N) is 2. The van der Waals surface area contributed by atoms with E-state index in [-0.39, 0.29) is 23.9 Å². The van der Waals surface area contributed by atoms with Gasteiger partial charge in [0, 0.05) is 36.3 Å². The van der Waals surface area contributed by atoms with Crippen molar-refractivity contribution in [1.82, 2.24) is 29.7 Å². The Kier molecular flexibility index (Phi) is 6.10. The van der Waals surface area contributed by atoms with Crippen molar-refractivity contribution in [1.29, 1.82) is 0 Å². The van der Waals surface area contributed by atoms with Gasteiger partial charge in [-0.3, -0.25) is 14.3 Å². The van der Waals surface area contributed by atoms with E-state index >= 15 is 0 Å². The molecule has 10 heteroatoms. The van der Waals surface area contributed by atoms with Crippen LogP contribution in [0.5, 0.6) is 5.75 Å². The van der Waals surface area contributed by atoms with E-state index in [2.05, 4.69) is 27.6 Å². The largest absolute Gasteiger partial charge is 0.496 e. The molecule has 0 radical (unpaired) electrons. The van der Waals surface area contributed by atoms with Crippen LogP contribution in [0.15, 0.2) is 42.9 Å². The Labute approximate surface area is 202 Å². The molecule has 0 spiro atoms. The molecule has 1 fully saturated rings. The second-order valence-electron chi connectivity index (χ2n) is 9.09. The zero-order valence-electron chi connectivity index (χ0n) is 20.1. The van der Waals surface area contributed by atoms with Crippen LogP contribution < -0.4 is 15.4 Å².